The van der Waals surface area contributed by atoms with E-state index in [1.54, 1.807) is 0 Å². The summed E-state index contributed by atoms with van der Waals surface area (Å²) in [6.07, 6.45) is -232. The van der Waals surface area contributed by atoms with Gasteiger partial charge in [-0.3, -0.25) is 42.5 Å². The fourth-order valence-corrected chi connectivity index (χ4v) is 20.2. The lowest BCUT2D eigenvalue weighted by Crippen LogP contribution is -2.75. The summed E-state index contributed by atoms with van der Waals surface area (Å²) in [4.78, 5) is 0. The zero-order valence-corrected chi connectivity index (χ0v) is 58.7. The van der Waals surface area contributed by atoms with Gasteiger partial charge in [0.15, 0.2) is 0 Å². The predicted octanol–water partition coefficient (Wildman–Crippen LogP) is 18.7. The van der Waals surface area contributed by atoms with Crippen LogP contribution >= 0.6 is 0 Å². The van der Waals surface area contributed by atoms with Crippen LogP contribution in [0.4, 0.5) is 281 Å². The van der Waals surface area contributed by atoms with Crippen molar-refractivity contribution in [2.45, 2.75) is 243 Å². The highest BCUT2D eigenvalue weighted by molar-refractivity contribution is 5.29. The van der Waals surface area contributed by atoms with Gasteiger partial charge in [-0.15, -0.1) is 0 Å². The van der Waals surface area contributed by atoms with Crippen molar-refractivity contribution in [2.75, 3.05) is 0 Å². The second-order valence-corrected chi connectivity index (χ2v) is 31.2. The lowest BCUT2D eigenvalue weighted by molar-refractivity contribution is -0.411. The summed E-state index contributed by atoms with van der Waals surface area (Å²) < 4.78 is 1000. The quantitative estimate of drug-likeness (QED) is 0.114. The topological polar surface area (TPSA) is 96.2 Å². The minimum absolute atomic E-state index is 0.507. The molecule has 4 aliphatic carbocycles. The molecule has 9 aliphatic rings. The summed E-state index contributed by atoms with van der Waals surface area (Å²) in [7, 11) is 0. The van der Waals surface area contributed by atoms with E-state index in [1.165, 1.54) is 0 Å². The fourth-order valence-electron chi connectivity index (χ4n) is 20.2. The molecule has 9 fully saturated rings. The first-order valence-corrected chi connectivity index (χ1v) is 33.9. The van der Waals surface area contributed by atoms with E-state index in [4.69, 9.17) is 0 Å². The van der Waals surface area contributed by atoms with Crippen molar-refractivity contribution in [1.82, 2.24) is 42.5 Å². The molecule has 24 atom stereocenters. The average molecular weight is 2040 g/mol. The highest BCUT2D eigenvalue weighted by atomic mass is 19.5. The normalized spacial score (nSPS) is 39.0. The van der Waals surface area contributed by atoms with Crippen LogP contribution in [0.3, 0.4) is 0 Å². The Kier molecular flexibility index (Phi) is 25.3. The van der Waals surface area contributed by atoms with E-state index < -0.39 is 338 Å². The van der Waals surface area contributed by atoms with Gasteiger partial charge < -0.3 is 0 Å². The fraction of sp³-hybridized carbons (Fsp3) is 1.00. The lowest BCUT2D eigenvalue weighted by Gasteiger charge is -2.55. The summed E-state index contributed by atoms with van der Waals surface area (Å²) in [6.45, 7) is 0. The number of halogens is 64. The minimum Gasteiger partial charge on any atom is -0.286 e. The van der Waals surface area contributed by atoms with E-state index >= 15 is 281 Å². The third kappa shape index (κ3) is 14.5. The van der Waals surface area contributed by atoms with Crippen LogP contribution in [0, 0.1) is 94.7 Å². The first-order valence-electron chi connectivity index (χ1n) is 33.9. The Hall–Kier alpha value is -4.80. The molecule has 752 valence electrons. The average Bonchev–Trinajstić information content (AvgIpc) is 1.32. The van der Waals surface area contributed by atoms with Crippen LogP contribution in [0.1, 0.15) is 0 Å². The van der Waals surface area contributed by atoms with Crippen molar-refractivity contribution in [1.29, 1.82) is 0 Å². The van der Waals surface area contributed by atoms with Crippen LogP contribution < -0.4 is 42.5 Å². The standard InChI is InChI=1S/C56H40F64N8/c57-17-1-2(18(58)10(34(66,43(79,80)81)44(82,83)84)9(17)33(65,41(73,74)75)42(76,77)78)26-121-25(1)125-27-3-4(20(60)12(36(68,47(91,92)93)48(94,95)96)11(19(3)59)35(67,45(85,86)87)46(88,89)90)29(122-27)127-31-7-8(24(64)16(40(72,55(115,116)117)56(118,119)120)15(23(7)63)39(71,53(109,110)111)54(112,113)114)32(124-31)128-30-6-5(28(123-30)126-26)21(61)13(37(69,49(97,98)99)50(100,101)102)14(22(6)62)38(70,51(103,104)105)52(106,107)108/h1-32,121-128H. The van der Waals surface area contributed by atoms with E-state index in [9.17, 15) is 0 Å². The molecule has 8 bridgehead atoms. The summed E-state index contributed by atoms with van der Waals surface area (Å²) >= 11 is 0. The molecule has 8 N–H and O–H groups in total. The Balaban J connectivity index is 1.51. The van der Waals surface area contributed by atoms with Gasteiger partial charge in [-0.1, -0.05) is 0 Å². The molecule has 128 heavy (non-hydrogen) atoms. The molecule has 0 spiro atoms. The maximum absolute atomic E-state index is 18.2. The molecule has 5 heterocycles. The van der Waals surface area contributed by atoms with Gasteiger partial charge in [0.1, 0.15) is 49.4 Å². The van der Waals surface area contributed by atoms with Crippen molar-refractivity contribution in [2.24, 2.45) is 94.7 Å². The predicted molar refractivity (Wildman–Crippen MR) is 278 cm³/mol. The Morgan fingerprint density at radius 2 is 0.156 bits per heavy atom. The van der Waals surface area contributed by atoms with Gasteiger partial charge in [-0.2, -0.15) is 211 Å². The maximum Gasteiger partial charge on any atom is 0.431 e. The van der Waals surface area contributed by atoms with Gasteiger partial charge in [0, 0.05) is 47.3 Å². The molecule has 0 aromatic rings. The first-order chi connectivity index (χ1) is 56.1. The molecule has 0 aromatic heterocycles. The first kappa shape index (κ1) is 107. The van der Waals surface area contributed by atoms with Gasteiger partial charge in [0.2, 0.25) is 0 Å². The Morgan fingerprint density at radius 1 is 0.102 bits per heavy atom. The lowest BCUT2D eigenvalue weighted by atomic mass is 9.55. The summed E-state index contributed by atoms with van der Waals surface area (Å²) in [5.41, 5.74) is -70.9. The Labute approximate surface area is 661 Å². The van der Waals surface area contributed by atoms with Crippen LogP contribution in [0.2, 0.25) is 0 Å². The monoisotopic (exact) mass is 2040 g/mol. The van der Waals surface area contributed by atoms with Crippen molar-refractivity contribution in [3.05, 3.63) is 0 Å². The molecule has 72 heteroatoms. The van der Waals surface area contributed by atoms with Gasteiger partial charge in [-0.05, 0) is 0 Å². The summed E-state index contributed by atoms with van der Waals surface area (Å²) in [6, 6.07) is 0. The number of nitrogens with one attached hydrogen (secondary N) is 8. The van der Waals surface area contributed by atoms with Crippen LogP contribution in [-0.2, 0) is 0 Å². The minimum atomic E-state index is -8.86. The van der Waals surface area contributed by atoms with Crippen LogP contribution in [-0.4, -0.2) is 243 Å². The second kappa shape index (κ2) is 30.3. The third-order valence-corrected chi connectivity index (χ3v) is 25.2. The molecular formula is C56H40F64N8. The molecule has 5 aliphatic heterocycles. The van der Waals surface area contributed by atoms with Crippen LogP contribution in [0.25, 0.3) is 0 Å². The van der Waals surface area contributed by atoms with Gasteiger partial charge in [0.25, 0.3) is 0 Å². The molecule has 9 rings (SSSR count). The Morgan fingerprint density at radius 3 is 0.203 bits per heavy atom. The SMILES string of the molecule is FC1C2C3NC(NC4NC(NC5NC(NC6NC(N3)C3C(F)C(C(F)(C(F)(F)F)C(F)(F)F)C(C(F)(C(F)(F)F)C(F)(F)F)C(F)C63)C3C(F)C(C(F)(C(F)(F)F)C(F)(F)F)C(C(F)(C(F)(F)F)C(F)(F)F)C(F)C53)C3C(F)C(C(F)(C(F)(F)F)C(F)(F)F)C(C(F)(C(F)(F)F)C(F)(F)F)C(F)C43)C2C(F)C(C(F)(C(F)(F)F)C(F)(F)F)C1C(F)(C(F)(F)F)C(F)(F)F. The van der Waals surface area contributed by atoms with Crippen molar-refractivity contribution >= 4 is 0 Å². The van der Waals surface area contributed by atoms with Crippen molar-refractivity contribution in [3.63, 3.8) is 0 Å². The highest BCUT2D eigenvalue weighted by Crippen LogP contribution is 2.74. The van der Waals surface area contributed by atoms with Gasteiger partial charge >= 0.3 is 144 Å². The summed E-state index contributed by atoms with van der Waals surface area (Å²) in [5, 5.41) is 4.50. The molecule has 0 aromatic carbocycles. The van der Waals surface area contributed by atoms with Gasteiger partial charge in [0.05, 0.1) is 96.7 Å². The van der Waals surface area contributed by atoms with E-state index in [0.29, 0.717) is 42.5 Å². The maximum atomic E-state index is 18.2. The Bertz CT molecular complexity index is 3090. The molecular weight excluding hydrogens is 2000 g/mol. The number of alkyl halides is 64. The van der Waals surface area contributed by atoms with Crippen LogP contribution in [0.15, 0.2) is 0 Å². The second-order valence-electron chi connectivity index (χ2n) is 31.2. The van der Waals surface area contributed by atoms with E-state index in [-0.39, 0.29) is 0 Å². The highest BCUT2D eigenvalue weighted by Gasteiger charge is 2.95. The number of hydrogen-bond acceptors (Lipinski definition) is 8. The van der Waals surface area contributed by atoms with Crippen molar-refractivity contribution in [3.8, 4) is 0 Å². The number of fused-ring (bicyclic) bond motifs is 20. The molecule has 8 nitrogen and oxygen atoms in total. The largest absolute Gasteiger partial charge is 0.431 e. The molecule has 0 radical (unpaired) electrons. The van der Waals surface area contributed by atoms with Crippen LogP contribution in [0.5, 0.6) is 0 Å². The van der Waals surface area contributed by atoms with Crippen molar-refractivity contribution < 1.29 is 281 Å². The molecule has 5 saturated heterocycles. The van der Waals surface area contributed by atoms with E-state index in [1.807, 2.05) is 0 Å². The third-order valence-electron chi connectivity index (χ3n) is 25.2. The zero-order valence-electron chi connectivity index (χ0n) is 58.7. The number of rotatable bonds is 8. The summed E-state index contributed by atoms with van der Waals surface area (Å²) in [5.74, 6) is -98.3. The smallest absolute Gasteiger partial charge is 0.286 e. The zero-order chi connectivity index (χ0) is 100. The molecule has 0 amide bonds. The molecule has 4 saturated carbocycles. The van der Waals surface area contributed by atoms with E-state index in [0.717, 1.165) is 0 Å². The number of hydrogen-bond donors (Lipinski definition) is 8. The van der Waals surface area contributed by atoms with E-state index in [2.05, 4.69) is 0 Å². The molecule has 24 unspecified atom stereocenters. The van der Waals surface area contributed by atoms with Gasteiger partial charge in [-0.25, -0.2) is 70.2 Å².